The number of rotatable bonds is 14. The van der Waals surface area contributed by atoms with Crippen molar-refractivity contribution in [2.45, 2.75) is 83.3 Å². The highest BCUT2D eigenvalue weighted by atomic mass is 16.4. The molecule has 1 aromatic carbocycles. The minimum Gasteiger partial charge on any atom is -0.480 e. The van der Waals surface area contributed by atoms with E-state index in [1.165, 1.54) is 38.5 Å². The van der Waals surface area contributed by atoms with Gasteiger partial charge in [-0.25, -0.2) is 4.79 Å². The number of carboxylic acids is 1. The van der Waals surface area contributed by atoms with Crippen molar-refractivity contribution < 1.29 is 19.8 Å². The maximum Gasteiger partial charge on any atom is 0.329 e. The fraction of sp³-hybridized carbons (Fsp3) is 0.619. The first-order valence-electron chi connectivity index (χ1n) is 9.81. The summed E-state index contributed by atoms with van der Waals surface area (Å²) in [6, 6.07) is 7.20. The minimum atomic E-state index is -1.33. The number of carbonyl (C=O) groups excluding carboxylic acids is 1. The van der Waals surface area contributed by atoms with Gasteiger partial charge in [0.05, 0.1) is 0 Å². The van der Waals surface area contributed by atoms with E-state index in [2.05, 4.69) is 12.2 Å². The molecule has 1 rings (SSSR count). The van der Waals surface area contributed by atoms with Gasteiger partial charge in [0.25, 0.3) is 0 Å². The van der Waals surface area contributed by atoms with Gasteiger partial charge in [-0.1, -0.05) is 88.6 Å². The Balaban J connectivity index is 2.26. The molecule has 0 saturated carbocycles. The van der Waals surface area contributed by atoms with Crippen LogP contribution < -0.4 is 5.32 Å². The third-order valence-corrected chi connectivity index (χ3v) is 4.55. The van der Waals surface area contributed by atoms with Gasteiger partial charge in [0.2, 0.25) is 5.91 Å². The van der Waals surface area contributed by atoms with Crippen LogP contribution >= 0.6 is 0 Å². The molecule has 0 aliphatic rings. The van der Waals surface area contributed by atoms with Crippen LogP contribution in [-0.2, 0) is 9.59 Å². The second-order valence-electron chi connectivity index (χ2n) is 6.82. The Morgan fingerprint density at radius 2 is 1.46 bits per heavy atom. The van der Waals surface area contributed by atoms with Crippen LogP contribution in [-0.4, -0.2) is 28.1 Å². The van der Waals surface area contributed by atoms with Crippen molar-refractivity contribution >= 4 is 11.9 Å². The van der Waals surface area contributed by atoms with Gasteiger partial charge in [-0.05, 0) is 12.0 Å². The third-order valence-electron chi connectivity index (χ3n) is 4.55. The summed E-state index contributed by atoms with van der Waals surface area (Å²) in [5, 5.41) is 22.0. The molecule has 0 heterocycles. The summed E-state index contributed by atoms with van der Waals surface area (Å²) in [6.07, 6.45) is 9.44. The van der Waals surface area contributed by atoms with E-state index >= 15 is 0 Å². The van der Waals surface area contributed by atoms with Crippen LogP contribution in [0.3, 0.4) is 0 Å². The second-order valence-corrected chi connectivity index (χ2v) is 6.82. The van der Waals surface area contributed by atoms with Gasteiger partial charge >= 0.3 is 5.97 Å². The summed E-state index contributed by atoms with van der Waals surface area (Å²) in [6.45, 7) is 2.21. The molecule has 0 fully saturated rings. The largest absolute Gasteiger partial charge is 0.480 e. The monoisotopic (exact) mass is 363 g/mol. The SMILES string of the molecule is CCCCCCCCCCCC(=O)N[C@@H](C(=O)O)[C@@H](O)c1ccccc1. The number of carbonyl (C=O) groups is 2. The molecule has 5 nitrogen and oxygen atoms in total. The molecule has 0 saturated heterocycles. The van der Waals surface area contributed by atoms with Gasteiger partial charge in [0, 0.05) is 6.42 Å². The summed E-state index contributed by atoms with van der Waals surface area (Å²) >= 11 is 0. The molecule has 1 aromatic rings. The lowest BCUT2D eigenvalue weighted by molar-refractivity contribution is -0.145. The Labute approximate surface area is 156 Å². The van der Waals surface area contributed by atoms with E-state index in [9.17, 15) is 19.8 Å². The zero-order valence-electron chi connectivity index (χ0n) is 15.8. The molecule has 146 valence electrons. The molecule has 3 N–H and O–H groups in total. The topological polar surface area (TPSA) is 86.6 Å². The van der Waals surface area contributed by atoms with E-state index in [0.29, 0.717) is 12.0 Å². The highest BCUT2D eigenvalue weighted by Gasteiger charge is 2.29. The van der Waals surface area contributed by atoms with E-state index in [4.69, 9.17) is 0 Å². The fourth-order valence-corrected chi connectivity index (χ4v) is 2.96. The summed E-state index contributed by atoms with van der Waals surface area (Å²) in [5.41, 5.74) is 0.475. The number of aliphatic hydroxyl groups excluding tert-OH is 1. The Bertz CT molecular complexity index is 518. The summed E-state index contributed by atoms with van der Waals surface area (Å²) in [5.74, 6) is -1.56. The number of carboxylic acid groups (broad SMARTS) is 1. The molecule has 0 radical (unpaired) electrons. The zero-order chi connectivity index (χ0) is 19.2. The number of hydrogen-bond acceptors (Lipinski definition) is 3. The Morgan fingerprint density at radius 1 is 0.923 bits per heavy atom. The maximum absolute atomic E-state index is 12.0. The van der Waals surface area contributed by atoms with E-state index in [1.54, 1.807) is 30.3 Å². The van der Waals surface area contributed by atoms with Crippen LogP contribution in [0.25, 0.3) is 0 Å². The number of aliphatic carboxylic acids is 1. The maximum atomic E-state index is 12.0. The molecule has 0 aliphatic carbocycles. The molecule has 26 heavy (non-hydrogen) atoms. The minimum absolute atomic E-state index is 0.293. The molecule has 2 atom stereocenters. The van der Waals surface area contributed by atoms with Crippen LogP contribution in [0.1, 0.15) is 82.8 Å². The first-order chi connectivity index (χ1) is 12.6. The molecular weight excluding hydrogens is 330 g/mol. The van der Waals surface area contributed by atoms with Crippen molar-refractivity contribution in [2.24, 2.45) is 0 Å². The normalized spacial score (nSPS) is 13.2. The molecule has 0 aromatic heterocycles. The quantitative estimate of drug-likeness (QED) is 0.432. The third kappa shape index (κ3) is 8.99. The van der Waals surface area contributed by atoms with E-state index < -0.39 is 18.1 Å². The number of nitrogens with one attached hydrogen (secondary N) is 1. The van der Waals surface area contributed by atoms with Crippen molar-refractivity contribution in [3.63, 3.8) is 0 Å². The lowest BCUT2D eigenvalue weighted by Crippen LogP contribution is -2.44. The molecule has 0 bridgehead atoms. The Kier molecular flexibility index (Phi) is 11.4. The van der Waals surface area contributed by atoms with Crippen LogP contribution in [0.4, 0.5) is 0 Å². The molecule has 0 aliphatic heterocycles. The van der Waals surface area contributed by atoms with Crippen LogP contribution in [0, 0.1) is 0 Å². The lowest BCUT2D eigenvalue weighted by Gasteiger charge is -2.20. The fourth-order valence-electron chi connectivity index (χ4n) is 2.96. The van der Waals surface area contributed by atoms with E-state index in [1.807, 2.05) is 0 Å². The Morgan fingerprint density at radius 3 is 2.00 bits per heavy atom. The Hall–Kier alpha value is -1.88. The number of unbranched alkanes of at least 4 members (excludes halogenated alkanes) is 8. The standard InChI is InChI=1S/C21H33NO4/c1-2-3-4-5-6-7-8-9-13-16-18(23)22-19(21(25)26)20(24)17-14-11-10-12-15-17/h10-12,14-15,19-20,24H,2-9,13,16H2,1H3,(H,22,23)(H,25,26)/t19-,20+/m1/s1. The first kappa shape index (κ1) is 22.2. The molecule has 5 heteroatoms. The summed E-state index contributed by atoms with van der Waals surface area (Å²) < 4.78 is 0. The second kappa shape index (κ2) is 13.3. The van der Waals surface area contributed by atoms with Crippen molar-refractivity contribution in [3.05, 3.63) is 35.9 Å². The molecule has 0 unspecified atom stereocenters. The van der Waals surface area contributed by atoms with Gasteiger partial charge in [0.15, 0.2) is 6.04 Å². The zero-order valence-corrected chi connectivity index (χ0v) is 15.8. The van der Waals surface area contributed by atoms with Crippen LogP contribution in [0.15, 0.2) is 30.3 Å². The predicted molar refractivity (Wildman–Crippen MR) is 103 cm³/mol. The molecular formula is C21H33NO4. The first-order valence-corrected chi connectivity index (χ1v) is 9.81. The molecule has 1 amide bonds. The van der Waals surface area contributed by atoms with Crippen molar-refractivity contribution in [2.75, 3.05) is 0 Å². The van der Waals surface area contributed by atoms with Gasteiger partial charge in [-0.3, -0.25) is 4.79 Å². The average Bonchev–Trinajstić information content (AvgIpc) is 2.64. The highest BCUT2D eigenvalue weighted by molar-refractivity contribution is 5.84. The lowest BCUT2D eigenvalue weighted by atomic mass is 10.0. The number of amides is 1. The van der Waals surface area contributed by atoms with Crippen molar-refractivity contribution in [1.29, 1.82) is 0 Å². The average molecular weight is 363 g/mol. The van der Waals surface area contributed by atoms with E-state index in [-0.39, 0.29) is 5.91 Å². The van der Waals surface area contributed by atoms with E-state index in [0.717, 1.165) is 19.3 Å². The molecule has 0 spiro atoms. The van der Waals surface area contributed by atoms with Gasteiger partial charge in [-0.15, -0.1) is 0 Å². The van der Waals surface area contributed by atoms with Crippen molar-refractivity contribution in [1.82, 2.24) is 5.32 Å². The summed E-state index contributed by atoms with van der Waals surface area (Å²) in [7, 11) is 0. The highest BCUT2D eigenvalue weighted by Crippen LogP contribution is 2.17. The van der Waals surface area contributed by atoms with Gasteiger partial charge < -0.3 is 15.5 Å². The van der Waals surface area contributed by atoms with Crippen LogP contribution in [0.2, 0.25) is 0 Å². The predicted octanol–water partition coefficient (Wildman–Crippen LogP) is 4.21. The smallest absolute Gasteiger partial charge is 0.329 e. The number of aliphatic hydroxyl groups is 1. The number of benzene rings is 1. The van der Waals surface area contributed by atoms with Crippen LogP contribution in [0.5, 0.6) is 0 Å². The number of hydrogen-bond donors (Lipinski definition) is 3. The van der Waals surface area contributed by atoms with Gasteiger partial charge in [-0.2, -0.15) is 0 Å². The summed E-state index contributed by atoms with van der Waals surface area (Å²) in [4.78, 5) is 23.4. The van der Waals surface area contributed by atoms with Gasteiger partial charge in [0.1, 0.15) is 6.10 Å². The van der Waals surface area contributed by atoms with Crippen molar-refractivity contribution in [3.8, 4) is 0 Å².